The van der Waals surface area contributed by atoms with E-state index in [1.807, 2.05) is 16.7 Å². The van der Waals surface area contributed by atoms with E-state index in [0.29, 0.717) is 29.2 Å². The highest BCUT2D eigenvalue weighted by molar-refractivity contribution is 7.22. The molecule has 0 aliphatic heterocycles. The number of benzene rings is 1. The number of fused-ring (bicyclic) bond motifs is 2. The fourth-order valence-corrected chi connectivity index (χ4v) is 5.08. The fourth-order valence-electron chi connectivity index (χ4n) is 4.09. The van der Waals surface area contributed by atoms with E-state index in [1.165, 1.54) is 7.11 Å². The number of rotatable bonds is 5. The lowest BCUT2D eigenvalue weighted by Crippen LogP contribution is -2.36. The van der Waals surface area contributed by atoms with Gasteiger partial charge >= 0.3 is 0 Å². The van der Waals surface area contributed by atoms with Gasteiger partial charge in [0.05, 0.1) is 42.3 Å². The molecule has 9 heteroatoms. The van der Waals surface area contributed by atoms with Gasteiger partial charge in [-0.05, 0) is 36.6 Å². The van der Waals surface area contributed by atoms with Crippen LogP contribution >= 0.6 is 11.3 Å². The van der Waals surface area contributed by atoms with E-state index in [1.54, 1.807) is 23.7 Å². The molecule has 1 aliphatic carbocycles. The first-order chi connectivity index (χ1) is 15.1. The van der Waals surface area contributed by atoms with Crippen molar-refractivity contribution in [2.45, 2.75) is 44.4 Å². The summed E-state index contributed by atoms with van der Waals surface area (Å²) in [6.07, 6.45) is 5.46. The van der Waals surface area contributed by atoms with E-state index in [-0.39, 0.29) is 12.1 Å². The zero-order valence-corrected chi connectivity index (χ0v) is 17.9. The van der Waals surface area contributed by atoms with Crippen LogP contribution < -0.4 is 10.1 Å². The number of aromatic nitrogens is 4. The predicted molar refractivity (Wildman–Crippen MR) is 119 cm³/mol. The van der Waals surface area contributed by atoms with E-state index < -0.39 is 0 Å². The van der Waals surface area contributed by atoms with Crippen LogP contribution in [0.3, 0.4) is 0 Å². The van der Waals surface area contributed by atoms with Gasteiger partial charge in [-0.15, -0.1) is 0 Å². The highest BCUT2D eigenvalue weighted by Gasteiger charge is 2.23. The highest BCUT2D eigenvalue weighted by atomic mass is 32.1. The summed E-state index contributed by atoms with van der Waals surface area (Å²) >= 11 is 1.60. The molecule has 0 amide bonds. The second kappa shape index (κ2) is 8.13. The average molecular weight is 435 g/mol. The third-order valence-corrected chi connectivity index (χ3v) is 6.66. The average Bonchev–Trinajstić information content (AvgIpc) is 3.37. The fraction of sp³-hybridized carbons (Fsp3) is 0.364. The molecule has 2 unspecified atom stereocenters. The lowest BCUT2D eigenvalue weighted by molar-refractivity contribution is 0.116. The molecule has 0 spiro atoms. The number of methoxy groups -OCH3 is 1. The van der Waals surface area contributed by atoms with Crippen LogP contribution in [0.25, 0.3) is 21.4 Å². The molecule has 1 aromatic carbocycles. The van der Waals surface area contributed by atoms with Crippen molar-refractivity contribution in [2.75, 3.05) is 12.4 Å². The maximum Gasteiger partial charge on any atom is 0.233 e. The Morgan fingerprint density at radius 3 is 2.94 bits per heavy atom. The number of ether oxygens (including phenoxy) is 1. The first-order valence-electron chi connectivity index (χ1n) is 10.3. The van der Waals surface area contributed by atoms with E-state index in [4.69, 9.17) is 4.74 Å². The van der Waals surface area contributed by atoms with Crippen LogP contribution in [0.15, 0.2) is 30.6 Å². The van der Waals surface area contributed by atoms with Crippen molar-refractivity contribution < 1.29 is 9.84 Å². The molecule has 0 bridgehead atoms. The van der Waals surface area contributed by atoms with Gasteiger partial charge in [-0.2, -0.15) is 10.2 Å². The van der Waals surface area contributed by atoms with Gasteiger partial charge in [0.1, 0.15) is 17.1 Å². The topological polar surface area (TPSA) is 109 Å². The smallest absolute Gasteiger partial charge is 0.233 e. The van der Waals surface area contributed by atoms with Crippen LogP contribution in [0.2, 0.25) is 0 Å². The summed E-state index contributed by atoms with van der Waals surface area (Å²) in [6.45, 7) is 0.594. The Hall–Kier alpha value is -3.22. The number of nitrogens with one attached hydrogen (secondary N) is 1. The Morgan fingerprint density at radius 1 is 1.26 bits per heavy atom. The zero-order valence-electron chi connectivity index (χ0n) is 17.1. The Morgan fingerprint density at radius 2 is 2.13 bits per heavy atom. The highest BCUT2D eigenvalue weighted by Crippen LogP contribution is 2.30. The molecule has 1 aliphatic rings. The molecule has 0 radical (unpaired) electrons. The van der Waals surface area contributed by atoms with Gasteiger partial charge in [-0.25, -0.2) is 9.97 Å². The predicted octanol–water partition coefficient (Wildman–Crippen LogP) is 3.68. The second-order valence-electron chi connectivity index (χ2n) is 7.80. The Balaban J connectivity index is 1.40. The van der Waals surface area contributed by atoms with Crippen LogP contribution in [0.4, 0.5) is 5.13 Å². The summed E-state index contributed by atoms with van der Waals surface area (Å²) in [4.78, 5) is 13.5. The number of imidazole rings is 1. The summed E-state index contributed by atoms with van der Waals surface area (Å²) in [6, 6.07) is 10.1. The molecule has 1 saturated carbocycles. The monoisotopic (exact) mass is 434 g/mol. The lowest BCUT2D eigenvalue weighted by atomic mass is 9.93. The van der Waals surface area contributed by atoms with Gasteiger partial charge < -0.3 is 19.7 Å². The summed E-state index contributed by atoms with van der Waals surface area (Å²) in [5.74, 6) is 0.301. The van der Waals surface area contributed by atoms with Crippen molar-refractivity contribution in [3.05, 3.63) is 41.7 Å². The first-order valence-corrected chi connectivity index (χ1v) is 11.1. The molecule has 3 aromatic heterocycles. The third-order valence-electron chi connectivity index (χ3n) is 5.71. The molecule has 31 heavy (non-hydrogen) atoms. The lowest BCUT2D eigenvalue weighted by Gasteiger charge is -2.27. The normalized spacial score (nSPS) is 18.9. The maximum absolute atomic E-state index is 10.2. The quantitative estimate of drug-likeness (QED) is 0.493. The van der Waals surface area contributed by atoms with Gasteiger partial charge in [-0.3, -0.25) is 0 Å². The Bertz CT molecular complexity index is 1290. The molecule has 158 valence electrons. The molecule has 3 heterocycles. The van der Waals surface area contributed by atoms with Crippen molar-refractivity contribution in [1.82, 2.24) is 19.5 Å². The van der Waals surface area contributed by atoms with Crippen LogP contribution in [0, 0.1) is 11.3 Å². The Kier molecular flexibility index (Phi) is 5.18. The van der Waals surface area contributed by atoms with Crippen molar-refractivity contribution in [1.29, 1.82) is 5.26 Å². The van der Waals surface area contributed by atoms with Crippen molar-refractivity contribution in [3.8, 4) is 11.9 Å². The summed E-state index contributed by atoms with van der Waals surface area (Å²) in [5.41, 5.74) is 3.75. The van der Waals surface area contributed by atoms with Crippen molar-refractivity contribution in [2.24, 2.45) is 0 Å². The van der Waals surface area contributed by atoms with Crippen LogP contribution in [-0.2, 0) is 6.54 Å². The number of anilines is 1. The summed E-state index contributed by atoms with van der Waals surface area (Å²) in [7, 11) is 1.51. The molecule has 0 saturated heterocycles. The molecule has 5 rings (SSSR count). The minimum absolute atomic E-state index is 0.0745. The Labute approximate surface area is 183 Å². The number of nitriles is 1. The number of hydrogen-bond donors (Lipinski definition) is 2. The number of nitrogens with zero attached hydrogens (tertiary/aromatic N) is 5. The number of aliphatic hydroxyl groups is 1. The van der Waals surface area contributed by atoms with Gasteiger partial charge in [0.2, 0.25) is 5.88 Å². The van der Waals surface area contributed by atoms with Crippen LogP contribution in [0.5, 0.6) is 5.88 Å². The SMILES string of the molecule is COc1nc2c(cc1C#N)ncn2Cc1ccc2nc(NC3CCCCC3O)sc2c1. The van der Waals surface area contributed by atoms with E-state index in [0.717, 1.165) is 46.6 Å². The minimum Gasteiger partial charge on any atom is -0.480 e. The van der Waals surface area contributed by atoms with Crippen molar-refractivity contribution in [3.63, 3.8) is 0 Å². The molecule has 1 fully saturated rings. The standard InChI is InChI=1S/C22H22N6O2S/c1-30-21-14(10-23)9-17-20(27-21)28(12-24-17)11-13-6-7-16-19(8-13)31-22(26-16)25-15-4-2-3-5-18(15)29/h6-9,12,15,18,29H,2-5,11H2,1H3,(H,25,26). The zero-order chi connectivity index (χ0) is 21.4. The number of thiazole rings is 1. The van der Waals surface area contributed by atoms with Gasteiger partial charge in [0, 0.05) is 0 Å². The molecule has 2 N–H and O–H groups in total. The van der Waals surface area contributed by atoms with Gasteiger partial charge in [0.25, 0.3) is 0 Å². The van der Waals surface area contributed by atoms with E-state index >= 15 is 0 Å². The first kappa shape index (κ1) is 19.7. The molecular formula is C22H22N6O2S. The van der Waals surface area contributed by atoms with E-state index in [2.05, 4.69) is 32.4 Å². The van der Waals surface area contributed by atoms with E-state index in [9.17, 15) is 10.4 Å². The number of aliphatic hydroxyl groups excluding tert-OH is 1. The second-order valence-corrected chi connectivity index (χ2v) is 8.83. The third kappa shape index (κ3) is 3.80. The number of hydrogen-bond acceptors (Lipinski definition) is 8. The molecular weight excluding hydrogens is 412 g/mol. The summed E-state index contributed by atoms with van der Waals surface area (Å²) in [5, 5.41) is 23.7. The number of pyridine rings is 1. The van der Waals surface area contributed by atoms with Crippen LogP contribution in [-0.4, -0.2) is 43.9 Å². The van der Waals surface area contributed by atoms with Crippen LogP contribution in [0.1, 0.15) is 36.8 Å². The minimum atomic E-state index is -0.308. The molecule has 2 atom stereocenters. The summed E-state index contributed by atoms with van der Waals surface area (Å²) < 4.78 is 8.28. The molecule has 4 aromatic rings. The van der Waals surface area contributed by atoms with Gasteiger partial charge in [-0.1, -0.05) is 30.2 Å². The largest absolute Gasteiger partial charge is 0.480 e. The van der Waals surface area contributed by atoms with Gasteiger partial charge in [0.15, 0.2) is 10.8 Å². The molecule has 8 nitrogen and oxygen atoms in total. The van der Waals surface area contributed by atoms with Crippen molar-refractivity contribution >= 4 is 37.8 Å². The maximum atomic E-state index is 10.2.